The van der Waals surface area contributed by atoms with Crippen molar-refractivity contribution in [3.05, 3.63) is 70.5 Å². The zero-order valence-corrected chi connectivity index (χ0v) is 18.9. The maximum atomic E-state index is 13.8. The number of hydrogen-bond donors (Lipinski definition) is 1. The van der Waals surface area contributed by atoms with Gasteiger partial charge in [0.25, 0.3) is 0 Å². The van der Waals surface area contributed by atoms with E-state index in [9.17, 15) is 14.0 Å². The van der Waals surface area contributed by atoms with E-state index < -0.39 is 6.04 Å². The molecular weight excluding hydrogens is 423 g/mol. The Morgan fingerprint density at radius 2 is 1.80 bits per heavy atom. The smallest absolute Gasteiger partial charge is 0.242 e. The number of nitrogens with one attached hydrogen (secondary N) is 1. The normalized spacial score (nSPS) is 11.7. The molecule has 0 aliphatic rings. The summed E-state index contributed by atoms with van der Waals surface area (Å²) in [6, 6.07) is 13.2. The van der Waals surface area contributed by atoms with Gasteiger partial charge in [0, 0.05) is 23.9 Å². The Bertz CT molecular complexity index is 849. The first kappa shape index (κ1) is 24.2. The fourth-order valence-corrected chi connectivity index (χ4v) is 3.97. The van der Waals surface area contributed by atoms with Crippen LogP contribution in [0.4, 0.5) is 4.39 Å². The first-order valence-corrected chi connectivity index (χ1v) is 11.6. The molecule has 0 aliphatic carbocycles. The van der Waals surface area contributed by atoms with Gasteiger partial charge in [-0.3, -0.25) is 9.59 Å². The molecule has 1 N–H and O–H groups in total. The molecule has 7 heteroatoms. The minimum Gasteiger partial charge on any atom is -0.354 e. The molecule has 2 aromatic rings. The van der Waals surface area contributed by atoms with Crippen LogP contribution >= 0.6 is 23.4 Å². The third kappa shape index (κ3) is 7.33. The van der Waals surface area contributed by atoms with Crippen LogP contribution in [-0.2, 0) is 21.9 Å². The molecule has 0 saturated carbocycles. The summed E-state index contributed by atoms with van der Waals surface area (Å²) in [7, 11) is 0. The molecule has 2 aromatic carbocycles. The van der Waals surface area contributed by atoms with Crippen molar-refractivity contribution in [1.82, 2.24) is 10.2 Å². The van der Waals surface area contributed by atoms with Crippen LogP contribution in [0.5, 0.6) is 0 Å². The number of rotatable bonds is 11. The highest BCUT2D eigenvalue weighted by Gasteiger charge is 2.26. The minimum absolute atomic E-state index is 0.144. The molecular formula is C23H28ClFN2O2S. The first-order valence-electron chi connectivity index (χ1n) is 10.1. The minimum atomic E-state index is -0.639. The highest BCUT2D eigenvalue weighted by atomic mass is 35.5. The van der Waals surface area contributed by atoms with Gasteiger partial charge in [-0.2, -0.15) is 0 Å². The summed E-state index contributed by atoms with van der Waals surface area (Å²) in [6.45, 7) is 4.59. The van der Waals surface area contributed by atoms with Gasteiger partial charge in [-0.05, 0) is 36.6 Å². The van der Waals surface area contributed by atoms with Gasteiger partial charge in [-0.1, -0.05) is 61.3 Å². The Kier molecular flexibility index (Phi) is 10.2. The average Bonchev–Trinajstić information content (AvgIpc) is 2.74. The Morgan fingerprint density at radius 3 is 2.47 bits per heavy atom. The van der Waals surface area contributed by atoms with Crippen molar-refractivity contribution in [3.8, 4) is 0 Å². The standard InChI is InChI=1S/C23H28ClFN2O2S/c1-3-4-13-26-23(29)17(2)27(14-18-9-5-7-11-20(18)24)22(28)16-30-15-19-10-6-8-12-21(19)25/h5-12,17H,3-4,13-16H2,1-2H3,(H,26,29). The van der Waals surface area contributed by atoms with E-state index in [1.54, 1.807) is 31.2 Å². The second-order valence-corrected chi connectivity index (χ2v) is 8.41. The van der Waals surface area contributed by atoms with Gasteiger partial charge in [-0.15, -0.1) is 11.8 Å². The maximum Gasteiger partial charge on any atom is 0.242 e. The van der Waals surface area contributed by atoms with Crippen LogP contribution in [0.2, 0.25) is 5.02 Å². The molecule has 1 unspecified atom stereocenters. The monoisotopic (exact) mass is 450 g/mol. The Hall–Kier alpha value is -2.05. The molecule has 30 heavy (non-hydrogen) atoms. The largest absolute Gasteiger partial charge is 0.354 e. The lowest BCUT2D eigenvalue weighted by Crippen LogP contribution is -2.48. The van der Waals surface area contributed by atoms with Crippen LogP contribution < -0.4 is 5.32 Å². The quantitative estimate of drug-likeness (QED) is 0.487. The van der Waals surface area contributed by atoms with E-state index in [1.807, 2.05) is 18.2 Å². The van der Waals surface area contributed by atoms with Crippen molar-refractivity contribution in [2.75, 3.05) is 12.3 Å². The third-order valence-corrected chi connectivity index (χ3v) is 6.07. The molecule has 2 amide bonds. The molecule has 162 valence electrons. The third-order valence-electron chi connectivity index (χ3n) is 4.74. The molecule has 0 bridgehead atoms. The fourth-order valence-electron chi connectivity index (χ4n) is 2.88. The lowest BCUT2D eigenvalue weighted by molar-refractivity contribution is -0.138. The van der Waals surface area contributed by atoms with Crippen molar-refractivity contribution in [3.63, 3.8) is 0 Å². The molecule has 0 aliphatic heterocycles. The lowest BCUT2D eigenvalue weighted by Gasteiger charge is -2.29. The number of hydrogen-bond acceptors (Lipinski definition) is 3. The molecule has 2 rings (SSSR count). The summed E-state index contributed by atoms with van der Waals surface area (Å²) in [6.07, 6.45) is 1.86. The Morgan fingerprint density at radius 1 is 1.13 bits per heavy atom. The number of carbonyl (C=O) groups excluding carboxylic acids is 2. The summed E-state index contributed by atoms with van der Waals surface area (Å²) >= 11 is 7.60. The van der Waals surface area contributed by atoms with Crippen molar-refractivity contribution in [2.24, 2.45) is 0 Å². The van der Waals surface area contributed by atoms with Gasteiger partial charge < -0.3 is 10.2 Å². The number of unbranched alkanes of at least 4 members (excludes halogenated alkanes) is 1. The topological polar surface area (TPSA) is 49.4 Å². The van der Waals surface area contributed by atoms with Crippen molar-refractivity contribution < 1.29 is 14.0 Å². The van der Waals surface area contributed by atoms with Crippen LogP contribution in [-0.4, -0.2) is 35.1 Å². The number of thioether (sulfide) groups is 1. The zero-order chi connectivity index (χ0) is 21.9. The van der Waals surface area contributed by atoms with Gasteiger partial charge in [-0.25, -0.2) is 4.39 Å². The summed E-state index contributed by atoms with van der Waals surface area (Å²) in [5, 5.41) is 3.44. The van der Waals surface area contributed by atoms with Gasteiger partial charge in [0.2, 0.25) is 11.8 Å². The molecule has 0 fully saturated rings. The Balaban J connectivity index is 2.07. The van der Waals surface area contributed by atoms with Crippen molar-refractivity contribution in [1.29, 1.82) is 0 Å². The zero-order valence-electron chi connectivity index (χ0n) is 17.4. The highest BCUT2D eigenvalue weighted by Crippen LogP contribution is 2.21. The molecule has 4 nitrogen and oxygen atoms in total. The average molecular weight is 451 g/mol. The van der Waals surface area contributed by atoms with E-state index in [-0.39, 0.29) is 29.9 Å². The van der Waals surface area contributed by atoms with Crippen LogP contribution in [0.25, 0.3) is 0 Å². The van der Waals surface area contributed by atoms with Gasteiger partial charge >= 0.3 is 0 Å². The number of carbonyl (C=O) groups is 2. The molecule has 0 heterocycles. The molecule has 1 atom stereocenters. The van der Waals surface area contributed by atoms with E-state index in [0.29, 0.717) is 22.9 Å². The van der Waals surface area contributed by atoms with Crippen LogP contribution in [0.15, 0.2) is 48.5 Å². The van der Waals surface area contributed by atoms with Crippen LogP contribution in [0, 0.1) is 5.82 Å². The number of nitrogens with zero attached hydrogens (tertiary/aromatic N) is 1. The Labute approximate surface area is 187 Å². The first-order chi connectivity index (χ1) is 14.4. The summed E-state index contributed by atoms with van der Waals surface area (Å²) in [5.74, 6) is -0.132. The van der Waals surface area contributed by atoms with Crippen LogP contribution in [0.1, 0.15) is 37.8 Å². The van der Waals surface area contributed by atoms with Crippen molar-refractivity contribution in [2.45, 2.75) is 45.0 Å². The van der Waals surface area contributed by atoms with E-state index in [0.717, 1.165) is 18.4 Å². The molecule has 0 saturated heterocycles. The second-order valence-electron chi connectivity index (χ2n) is 7.02. The SMILES string of the molecule is CCCCNC(=O)C(C)N(Cc1ccccc1Cl)C(=O)CSCc1ccccc1F. The van der Waals surface area contributed by atoms with E-state index in [2.05, 4.69) is 12.2 Å². The van der Waals surface area contributed by atoms with E-state index in [4.69, 9.17) is 11.6 Å². The summed E-state index contributed by atoms with van der Waals surface area (Å²) < 4.78 is 13.8. The molecule has 0 spiro atoms. The number of halogens is 2. The number of amides is 2. The highest BCUT2D eigenvalue weighted by molar-refractivity contribution is 7.99. The second kappa shape index (κ2) is 12.6. The fraction of sp³-hybridized carbons (Fsp3) is 0.391. The van der Waals surface area contributed by atoms with Gasteiger partial charge in [0.15, 0.2) is 0 Å². The van der Waals surface area contributed by atoms with Crippen LogP contribution in [0.3, 0.4) is 0 Å². The van der Waals surface area contributed by atoms with Gasteiger partial charge in [0.1, 0.15) is 11.9 Å². The number of benzene rings is 2. The molecule has 0 aromatic heterocycles. The predicted octanol–water partition coefficient (Wildman–Crippen LogP) is 5.05. The molecule has 0 radical (unpaired) electrons. The summed E-state index contributed by atoms with van der Waals surface area (Å²) in [4.78, 5) is 27.1. The van der Waals surface area contributed by atoms with E-state index in [1.165, 1.54) is 22.7 Å². The van der Waals surface area contributed by atoms with Gasteiger partial charge in [0.05, 0.1) is 5.75 Å². The summed E-state index contributed by atoms with van der Waals surface area (Å²) in [5.41, 5.74) is 1.33. The predicted molar refractivity (Wildman–Crippen MR) is 122 cm³/mol. The van der Waals surface area contributed by atoms with E-state index >= 15 is 0 Å². The maximum absolute atomic E-state index is 13.8. The van der Waals surface area contributed by atoms with Crippen molar-refractivity contribution >= 4 is 35.2 Å². The lowest BCUT2D eigenvalue weighted by atomic mass is 10.1.